The second kappa shape index (κ2) is 26.0. The summed E-state index contributed by atoms with van der Waals surface area (Å²) in [5, 5.41) is 3.39. The number of methoxy groups -OCH3 is 6. The minimum atomic E-state index is -1.58. The van der Waals surface area contributed by atoms with E-state index in [0.717, 1.165) is 0 Å². The van der Waals surface area contributed by atoms with E-state index in [1.165, 1.54) is 42.7 Å². The Bertz CT molecular complexity index is 2460. The van der Waals surface area contributed by atoms with Crippen LogP contribution < -0.4 is 5.32 Å². The van der Waals surface area contributed by atoms with Crippen molar-refractivity contribution in [2.75, 3.05) is 49.3 Å². The van der Waals surface area contributed by atoms with Gasteiger partial charge in [0.05, 0.1) is 67.5 Å². The highest BCUT2D eigenvalue weighted by Crippen LogP contribution is 2.42. The number of carbonyl (C=O) groups is 8. The van der Waals surface area contributed by atoms with E-state index >= 15 is 0 Å². The third-order valence-corrected chi connectivity index (χ3v) is 12.2. The average Bonchev–Trinajstić information content (AvgIpc) is 3.93. The van der Waals surface area contributed by atoms with Crippen molar-refractivity contribution in [3.63, 3.8) is 0 Å². The molecule has 374 valence electrons. The summed E-state index contributed by atoms with van der Waals surface area (Å²) in [7, 11) is 7.18. The lowest BCUT2D eigenvalue weighted by Gasteiger charge is -2.34. The fourth-order valence-corrected chi connectivity index (χ4v) is 8.62. The van der Waals surface area contributed by atoms with Gasteiger partial charge in [0.15, 0.2) is 2.14 Å². The summed E-state index contributed by atoms with van der Waals surface area (Å²) in [5.41, 5.74) is 0.977. The highest BCUT2D eigenvalue weighted by Gasteiger charge is 2.47. The molecule has 1 aliphatic heterocycles. The first-order valence-electron chi connectivity index (χ1n) is 21.1. The highest BCUT2D eigenvalue weighted by atomic mass is 80.0. The quantitative estimate of drug-likeness (QED) is 0.0427. The molecule has 1 aliphatic rings. The fraction of sp³-hybridized carbons (Fsp3) is 0.457. The maximum absolute atomic E-state index is 14.2. The van der Waals surface area contributed by atoms with Gasteiger partial charge in [0.1, 0.15) is 29.6 Å². The molecule has 1 atom stereocenters. The Morgan fingerprint density at radius 3 is 1.54 bits per heavy atom. The number of carbonyl (C=O) groups excluding carboxylic acids is 8. The number of thiocarbonyl (C=S) groups is 1. The largest absolute Gasteiger partial charge is 0.469 e. The van der Waals surface area contributed by atoms with Crippen molar-refractivity contribution in [2.45, 2.75) is 84.9 Å². The Morgan fingerprint density at radius 1 is 0.565 bits per heavy atom. The van der Waals surface area contributed by atoms with E-state index in [4.69, 9.17) is 50.1 Å². The molecule has 0 saturated carbocycles. The van der Waals surface area contributed by atoms with Crippen LogP contribution in [0.5, 0.6) is 0 Å². The van der Waals surface area contributed by atoms with E-state index in [1.54, 1.807) is 30.3 Å². The van der Waals surface area contributed by atoms with Crippen LogP contribution in [0.4, 0.5) is 0 Å². The molecule has 0 radical (unpaired) electrons. The lowest BCUT2D eigenvalue weighted by Crippen LogP contribution is -2.49. The molecule has 3 N–H and O–H groups in total. The second-order valence-electron chi connectivity index (χ2n) is 15.5. The molecule has 0 fully saturated rings. The van der Waals surface area contributed by atoms with Gasteiger partial charge in [-0.25, -0.2) is 9.59 Å². The molecule has 1 unspecified atom stereocenters. The Morgan fingerprint density at radius 2 is 1.01 bits per heavy atom. The topological polar surface area (TPSA) is 254 Å². The first kappa shape index (κ1) is 56.2. The predicted octanol–water partition coefficient (Wildman–Crippen LogP) is 5.60. The highest BCUT2D eigenvalue weighted by molar-refractivity contribution is 9.39. The first-order valence-corrected chi connectivity index (χ1v) is 23.9. The smallest absolute Gasteiger partial charge is 0.355 e. The Hall–Kier alpha value is -5.39. The maximum Gasteiger partial charge on any atom is 0.355 e. The number of hydrogen-bond donors (Lipinski definition) is 3. The molecule has 3 aromatic rings. The molecule has 0 bridgehead atoms. The molecule has 4 rings (SSSR count). The summed E-state index contributed by atoms with van der Waals surface area (Å²) in [4.78, 5) is 113. The number of alkyl halides is 3. The van der Waals surface area contributed by atoms with Crippen LogP contribution in [-0.2, 0) is 112 Å². The number of nitrogens with one attached hydrogen (secondary N) is 3. The number of benzene rings is 1. The number of ether oxygens (including phenoxy) is 8. The number of rotatable bonds is 24. The van der Waals surface area contributed by atoms with Crippen molar-refractivity contribution >= 4 is 113 Å². The summed E-state index contributed by atoms with van der Waals surface area (Å²) in [5.74, 6) is -5.68. The summed E-state index contributed by atoms with van der Waals surface area (Å²) < 4.78 is 40.5. The molecule has 3 heterocycles. The molecular weight excluding hydrogens is 1120 g/mol. The molecule has 0 aliphatic carbocycles. The van der Waals surface area contributed by atoms with E-state index in [1.807, 2.05) is 0 Å². The minimum absolute atomic E-state index is 0.0216. The van der Waals surface area contributed by atoms with Crippen LogP contribution in [0.3, 0.4) is 0 Å². The molecule has 0 saturated heterocycles. The van der Waals surface area contributed by atoms with Crippen molar-refractivity contribution in [1.82, 2.24) is 15.3 Å². The van der Waals surface area contributed by atoms with Crippen molar-refractivity contribution in [1.29, 1.82) is 0 Å². The van der Waals surface area contributed by atoms with Crippen LogP contribution in [-0.4, -0.2) is 120 Å². The van der Waals surface area contributed by atoms with Crippen molar-refractivity contribution < 1.29 is 76.3 Å². The molecule has 19 nitrogen and oxygen atoms in total. The van der Waals surface area contributed by atoms with Gasteiger partial charge in [-0.3, -0.25) is 28.8 Å². The number of aromatic nitrogens is 2. The monoisotopic (exact) mass is 1170 g/mol. The Kier molecular flexibility index (Phi) is 21.2. The summed E-state index contributed by atoms with van der Waals surface area (Å²) in [6.45, 7) is -0.386. The van der Waals surface area contributed by atoms with E-state index in [0.29, 0.717) is 22.3 Å². The van der Waals surface area contributed by atoms with E-state index in [9.17, 15) is 38.4 Å². The van der Waals surface area contributed by atoms with E-state index in [2.05, 4.69) is 63.1 Å². The lowest BCUT2D eigenvalue weighted by atomic mass is 9.77. The average molecular weight is 1170 g/mol. The molecule has 0 spiro atoms. The molecule has 1 aromatic carbocycles. The van der Waals surface area contributed by atoms with Crippen LogP contribution in [0, 0.1) is 0 Å². The SMILES string of the molecule is COC(=O)CCC1=C(CC(=O)OC)C(Cc2[nH]c(C(=O)OCc3ccccc3)c(CCC(=O)OC)c2CC(=O)OC)(Cc2[nH]c(C(=O)OCC(Br)(Br)Br)c(CC(=O)OC)c2CCC(=O)OC)NC1=S. The first-order chi connectivity index (χ1) is 32.7. The molecule has 0 amide bonds. The van der Waals surface area contributed by atoms with E-state index < -0.39 is 74.7 Å². The number of aromatic amines is 2. The zero-order valence-electron chi connectivity index (χ0n) is 38.7. The molecule has 23 heteroatoms. The van der Waals surface area contributed by atoms with Gasteiger partial charge < -0.3 is 53.2 Å². The zero-order chi connectivity index (χ0) is 51.1. The number of esters is 8. The number of hydrogen-bond acceptors (Lipinski definition) is 17. The number of halogens is 3. The Balaban J connectivity index is 2.11. The predicted molar refractivity (Wildman–Crippen MR) is 260 cm³/mol. The summed E-state index contributed by atoms with van der Waals surface area (Å²) in [6, 6.07) is 8.88. The van der Waals surface area contributed by atoms with Gasteiger partial charge >= 0.3 is 47.8 Å². The van der Waals surface area contributed by atoms with Crippen LogP contribution in [0.25, 0.3) is 0 Å². The van der Waals surface area contributed by atoms with Gasteiger partial charge in [-0.2, -0.15) is 0 Å². The van der Waals surface area contributed by atoms with Gasteiger partial charge in [0, 0.05) is 43.5 Å². The van der Waals surface area contributed by atoms with Crippen LogP contribution in [0.2, 0.25) is 0 Å². The number of H-pyrrole nitrogens is 2. The molecule has 69 heavy (non-hydrogen) atoms. The van der Waals surface area contributed by atoms with Gasteiger partial charge in [0.25, 0.3) is 0 Å². The van der Waals surface area contributed by atoms with Gasteiger partial charge in [-0.1, -0.05) is 90.3 Å². The van der Waals surface area contributed by atoms with Crippen molar-refractivity contribution in [2.24, 2.45) is 0 Å². The zero-order valence-corrected chi connectivity index (χ0v) is 44.2. The van der Waals surface area contributed by atoms with Gasteiger partial charge in [-0.05, 0) is 58.2 Å². The normalized spacial score (nSPS) is 14.4. The van der Waals surface area contributed by atoms with Crippen LogP contribution in [0.1, 0.15) is 92.3 Å². The third-order valence-electron chi connectivity index (χ3n) is 11.2. The molecule has 2 aromatic heterocycles. The minimum Gasteiger partial charge on any atom is -0.469 e. The standard InChI is InChI=1S/C46H52Br3N3O16S/c1-61-34(53)15-12-26-30(19-38(57)65-5)41(44(60)68-24-46(47,48)49)50-32(26)21-45(31(20-39(58)66-6)28(42(69)52-45)14-17-36(55)63-3)22-33-29(18-37(56)64-4)27(13-16-35(54)62-2)40(51-33)43(59)67-23-25-10-8-7-9-11-25/h7-11,50-51H,12-24H2,1-6H3,(H,52,69). The van der Waals surface area contributed by atoms with Crippen LogP contribution in [0.15, 0.2) is 41.5 Å². The van der Waals surface area contributed by atoms with Gasteiger partial charge in [0.2, 0.25) is 0 Å². The van der Waals surface area contributed by atoms with Crippen molar-refractivity contribution in [3.8, 4) is 0 Å². The fourth-order valence-electron chi connectivity index (χ4n) is 7.86. The second-order valence-corrected chi connectivity index (χ2v) is 23.1. The van der Waals surface area contributed by atoms with E-state index in [-0.39, 0.29) is 109 Å². The summed E-state index contributed by atoms with van der Waals surface area (Å²) in [6.07, 6.45) is -2.55. The maximum atomic E-state index is 14.2. The Labute approximate surface area is 428 Å². The van der Waals surface area contributed by atoms with Crippen molar-refractivity contribution in [3.05, 3.63) is 92.1 Å². The summed E-state index contributed by atoms with van der Waals surface area (Å²) >= 11 is 15.9. The van der Waals surface area contributed by atoms with Gasteiger partial charge in [-0.15, -0.1) is 0 Å². The van der Waals surface area contributed by atoms with Crippen LogP contribution >= 0.6 is 60.0 Å². The molecular formula is C46H52Br3N3O16S. The lowest BCUT2D eigenvalue weighted by molar-refractivity contribution is -0.141. The third kappa shape index (κ3) is 15.6.